The first kappa shape index (κ1) is 11.3. The zero-order chi connectivity index (χ0) is 12.4. The first-order valence-corrected chi connectivity index (χ1v) is 5.12. The summed E-state index contributed by atoms with van der Waals surface area (Å²) in [6.07, 6.45) is 1.83. The Hall–Kier alpha value is -2.24. The third kappa shape index (κ3) is 2.47. The molecule has 0 atom stereocenters. The predicted octanol–water partition coefficient (Wildman–Crippen LogP) is 1.63. The Bertz CT molecular complexity index is 542. The SMILES string of the molecule is Cc1oc(C(=O)O)cc1CNc1ccn(C)n1. The number of aryl methyl sites for hydroxylation is 2. The van der Waals surface area contributed by atoms with E-state index in [1.807, 2.05) is 19.3 Å². The molecule has 0 amide bonds. The number of anilines is 1. The fraction of sp³-hybridized carbons (Fsp3) is 0.273. The van der Waals surface area contributed by atoms with Gasteiger partial charge in [0.2, 0.25) is 5.76 Å². The van der Waals surface area contributed by atoms with E-state index >= 15 is 0 Å². The molecule has 0 bridgehead atoms. The van der Waals surface area contributed by atoms with Gasteiger partial charge in [0.15, 0.2) is 0 Å². The van der Waals surface area contributed by atoms with Crippen molar-refractivity contribution in [2.45, 2.75) is 13.5 Å². The van der Waals surface area contributed by atoms with Crippen molar-refractivity contribution in [3.63, 3.8) is 0 Å². The Morgan fingerprint density at radius 2 is 2.41 bits per heavy atom. The van der Waals surface area contributed by atoms with Gasteiger partial charge < -0.3 is 14.8 Å². The van der Waals surface area contributed by atoms with Crippen molar-refractivity contribution in [1.82, 2.24) is 9.78 Å². The van der Waals surface area contributed by atoms with Crippen molar-refractivity contribution in [2.75, 3.05) is 5.32 Å². The van der Waals surface area contributed by atoms with E-state index < -0.39 is 5.97 Å². The highest BCUT2D eigenvalue weighted by Gasteiger charge is 2.12. The third-order valence-corrected chi connectivity index (χ3v) is 2.40. The molecular formula is C11H13N3O3. The van der Waals surface area contributed by atoms with Gasteiger partial charge in [0.1, 0.15) is 11.6 Å². The minimum atomic E-state index is -1.06. The predicted molar refractivity (Wildman–Crippen MR) is 60.9 cm³/mol. The van der Waals surface area contributed by atoms with Crippen LogP contribution in [-0.2, 0) is 13.6 Å². The molecule has 0 aliphatic heterocycles. The summed E-state index contributed by atoms with van der Waals surface area (Å²) in [6, 6.07) is 3.36. The Kier molecular flexibility index (Phi) is 2.86. The standard InChI is InChI=1S/C11H13N3O3/c1-7-8(5-9(17-7)11(15)16)6-12-10-3-4-14(2)13-10/h3-5H,6H2,1-2H3,(H,12,13)(H,15,16). The van der Waals surface area contributed by atoms with Crippen LogP contribution < -0.4 is 5.32 Å². The second-order valence-electron chi connectivity index (χ2n) is 3.73. The minimum absolute atomic E-state index is 0.0414. The number of carboxylic acids is 1. The second kappa shape index (κ2) is 4.32. The van der Waals surface area contributed by atoms with Gasteiger partial charge in [-0.05, 0) is 13.0 Å². The van der Waals surface area contributed by atoms with E-state index in [0.29, 0.717) is 12.3 Å². The fourth-order valence-corrected chi connectivity index (χ4v) is 1.50. The van der Waals surface area contributed by atoms with Crippen molar-refractivity contribution >= 4 is 11.8 Å². The molecule has 2 heterocycles. The highest BCUT2D eigenvalue weighted by molar-refractivity contribution is 5.84. The van der Waals surface area contributed by atoms with Gasteiger partial charge in [-0.25, -0.2) is 4.79 Å². The number of aromatic carboxylic acids is 1. The number of rotatable bonds is 4. The molecule has 0 aliphatic carbocycles. The van der Waals surface area contributed by atoms with Gasteiger partial charge in [-0.2, -0.15) is 5.10 Å². The molecule has 0 radical (unpaired) electrons. The normalized spacial score (nSPS) is 10.5. The molecule has 0 unspecified atom stereocenters. The number of furan rings is 1. The lowest BCUT2D eigenvalue weighted by Crippen LogP contribution is -2.01. The fourth-order valence-electron chi connectivity index (χ4n) is 1.50. The van der Waals surface area contributed by atoms with Crippen LogP contribution >= 0.6 is 0 Å². The number of aromatic nitrogens is 2. The van der Waals surface area contributed by atoms with Crippen molar-refractivity contribution in [3.8, 4) is 0 Å². The largest absolute Gasteiger partial charge is 0.475 e. The quantitative estimate of drug-likeness (QED) is 0.841. The van der Waals surface area contributed by atoms with Crippen molar-refractivity contribution < 1.29 is 14.3 Å². The van der Waals surface area contributed by atoms with Crippen LogP contribution in [-0.4, -0.2) is 20.9 Å². The first-order valence-electron chi connectivity index (χ1n) is 5.12. The molecule has 2 N–H and O–H groups in total. The van der Waals surface area contributed by atoms with E-state index in [1.54, 1.807) is 11.6 Å². The summed E-state index contributed by atoms with van der Waals surface area (Å²) in [5.41, 5.74) is 0.813. The Morgan fingerprint density at radius 3 is 2.94 bits per heavy atom. The number of hydrogen-bond donors (Lipinski definition) is 2. The maximum atomic E-state index is 10.7. The first-order chi connectivity index (χ1) is 8.06. The van der Waals surface area contributed by atoms with Crippen LogP contribution in [0.5, 0.6) is 0 Å². The zero-order valence-electron chi connectivity index (χ0n) is 9.60. The molecule has 0 saturated heterocycles. The summed E-state index contributed by atoms with van der Waals surface area (Å²) in [7, 11) is 1.83. The van der Waals surface area contributed by atoms with Crippen molar-refractivity contribution in [3.05, 3.63) is 35.4 Å². The molecule has 0 aromatic carbocycles. The molecule has 0 aliphatic rings. The lowest BCUT2D eigenvalue weighted by atomic mass is 10.2. The van der Waals surface area contributed by atoms with Gasteiger partial charge in [0.25, 0.3) is 0 Å². The number of hydrogen-bond acceptors (Lipinski definition) is 4. The zero-order valence-corrected chi connectivity index (χ0v) is 9.60. The highest BCUT2D eigenvalue weighted by Crippen LogP contribution is 2.16. The molecule has 2 aromatic heterocycles. The van der Waals surface area contributed by atoms with Crippen LogP contribution in [0.2, 0.25) is 0 Å². The molecule has 0 saturated carbocycles. The van der Waals surface area contributed by atoms with Crippen LogP contribution in [0.4, 0.5) is 5.82 Å². The summed E-state index contributed by atoms with van der Waals surface area (Å²) >= 11 is 0. The van der Waals surface area contributed by atoms with Crippen molar-refractivity contribution in [1.29, 1.82) is 0 Å². The lowest BCUT2D eigenvalue weighted by Gasteiger charge is -2.00. The number of nitrogens with one attached hydrogen (secondary N) is 1. The van der Waals surface area contributed by atoms with Crippen LogP contribution in [0.1, 0.15) is 21.9 Å². The lowest BCUT2D eigenvalue weighted by molar-refractivity contribution is 0.0661. The average molecular weight is 235 g/mol. The second-order valence-corrected chi connectivity index (χ2v) is 3.73. The van der Waals surface area contributed by atoms with E-state index in [2.05, 4.69) is 10.4 Å². The van der Waals surface area contributed by atoms with Crippen LogP contribution in [0.3, 0.4) is 0 Å². The number of carbonyl (C=O) groups is 1. The summed E-state index contributed by atoms with van der Waals surface area (Å²) in [6.45, 7) is 2.22. The maximum Gasteiger partial charge on any atom is 0.371 e. The van der Waals surface area contributed by atoms with Gasteiger partial charge in [-0.1, -0.05) is 0 Å². The van der Waals surface area contributed by atoms with Crippen LogP contribution in [0, 0.1) is 6.92 Å². The van der Waals surface area contributed by atoms with E-state index in [9.17, 15) is 4.79 Å². The molecule has 6 heteroatoms. The van der Waals surface area contributed by atoms with Crippen LogP contribution in [0.25, 0.3) is 0 Å². The van der Waals surface area contributed by atoms with E-state index in [1.165, 1.54) is 6.07 Å². The van der Waals surface area contributed by atoms with Gasteiger partial charge in [-0.3, -0.25) is 4.68 Å². The molecule has 90 valence electrons. The van der Waals surface area contributed by atoms with E-state index in [4.69, 9.17) is 9.52 Å². The molecule has 6 nitrogen and oxygen atoms in total. The smallest absolute Gasteiger partial charge is 0.371 e. The van der Waals surface area contributed by atoms with Gasteiger partial charge >= 0.3 is 5.97 Å². The molecule has 2 aromatic rings. The molecular weight excluding hydrogens is 222 g/mol. The summed E-state index contributed by atoms with van der Waals surface area (Å²) in [5, 5.41) is 16.0. The Morgan fingerprint density at radius 1 is 1.65 bits per heavy atom. The highest BCUT2D eigenvalue weighted by atomic mass is 16.4. The van der Waals surface area contributed by atoms with Crippen LogP contribution in [0.15, 0.2) is 22.7 Å². The average Bonchev–Trinajstić information content (AvgIpc) is 2.82. The molecule has 17 heavy (non-hydrogen) atoms. The Balaban J connectivity index is 2.06. The molecule has 2 rings (SSSR count). The monoisotopic (exact) mass is 235 g/mol. The number of nitrogens with zero attached hydrogens (tertiary/aromatic N) is 2. The Labute approximate surface area is 97.9 Å². The summed E-state index contributed by atoms with van der Waals surface area (Å²) < 4.78 is 6.79. The van der Waals surface area contributed by atoms with Gasteiger partial charge in [0.05, 0.1) is 0 Å². The number of carboxylic acid groups (broad SMARTS) is 1. The van der Waals surface area contributed by atoms with E-state index in [-0.39, 0.29) is 5.76 Å². The van der Waals surface area contributed by atoms with Gasteiger partial charge in [0, 0.05) is 31.4 Å². The van der Waals surface area contributed by atoms with Crippen molar-refractivity contribution in [2.24, 2.45) is 7.05 Å². The summed E-state index contributed by atoms with van der Waals surface area (Å²) in [5.74, 6) is 0.244. The molecule has 0 spiro atoms. The minimum Gasteiger partial charge on any atom is -0.475 e. The summed E-state index contributed by atoms with van der Waals surface area (Å²) in [4.78, 5) is 10.7. The third-order valence-electron chi connectivity index (χ3n) is 2.40. The van der Waals surface area contributed by atoms with Gasteiger partial charge in [-0.15, -0.1) is 0 Å². The maximum absolute atomic E-state index is 10.7. The molecule has 0 fully saturated rings. The van der Waals surface area contributed by atoms with E-state index in [0.717, 1.165) is 11.4 Å². The topological polar surface area (TPSA) is 80.3 Å².